The quantitative estimate of drug-likeness (QED) is 0.275. The summed E-state index contributed by atoms with van der Waals surface area (Å²) in [7, 11) is 0. The fraction of sp³-hybridized carbons (Fsp3) is 0.607. The van der Waals surface area contributed by atoms with Crippen molar-refractivity contribution in [3.05, 3.63) is 41.5 Å². The number of aromatic amines is 1. The molecule has 3 fully saturated rings. The van der Waals surface area contributed by atoms with Crippen LogP contribution >= 0.6 is 0 Å². The maximum Gasteiger partial charge on any atom is 0.386 e. The van der Waals surface area contributed by atoms with Gasteiger partial charge in [-0.2, -0.15) is 13.2 Å². The first-order valence-electron chi connectivity index (χ1n) is 14.0. The number of imidazole rings is 1. The lowest BCUT2D eigenvalue weighted by atomic mass is 9.79. The maximum atomic E-state index is 12.7. The highest BCUT2D eigenvalue weighted by molar-refractivity contribution is 5.92. The zero-order valence-electron chi connectivity index (χ0n) is 23.7. The molecule has 0 aliphatic heterocycles. The normalized spacial score (nSPS) is 17.1. The second kappa shape index (κ2) is 15.1. The van der Waals surface area contributed by atoms with Gasteiger partial charge in [-0.1, -0.05) is 36.9 Å². The van der Waals surface area contributed by atoms with E-state index in [1.165, 1.54) is 38.5 Å². The number of nitrogens with zero attached hydrogens (tertiary/aromatic N) is 3. The molecule has 3 N–H and O–H groups in total. The third-order valence-corrected chi connectivity index (χ3v) is 6.62. The highest BCUT2D eigenvalue weighted by Gasteiger charge is 2.45. The van der Waals surface area contributed by atoms with E-state index in [-0.39, 0.29) is 43.9 Å². The van der Waals surface area contributed by atoms with Gasteiger partial charge in [0.05, 0.1) is 17.4 Å². The van der Waals surface area contributed by atoms with Crippen LogP contribution in [-0.2, 0) is 11.3 Å². The number of amides is 2. The molecule has 2 heterocycles. The van der Waals surface area contributed by atoms with Crippen LogP contribution < -0.4 is 10.6 Å². The van der Waals surface area contributed by atoms with Gasteiger partial charge in [-0.25, -0.2) is 18.4 Å². The number of nitrogens with one attached hydrogen (secondary N) is 3. The number of carbonyl (C=O) groups is 2. The van der Waals surface area contributed by atoms with Crippen molar-refractivity contribution in [2.75, 3.05) is 6.54 Å². The zero-order valence-corrected chi connectivity index (χ0v) is 23.7. The third-order valence-electron chi connectivity index (χ3n) is 6.62. The number of rotatable bonds is 7. The topological polar surface area (TPSA) is 126 Å². The van der Waals surface area contributed by atoms with Crippen LogP contribution in [0, 0.1) is 18.8 Å². The summed E-state index contributed by atoms with van der Waals surface area (Å²) in [6, 6.07) is 5.68. The van der Waals surface area contributed by atoms with Gasteiger partial charge in [0.2, 0.25) is 11.8 Å². The van der Waals surface area contributed by atoms with Crippen molar-refractivity contribution in [2.24, 2.45) is 11.8 Å². The van der Waals surface area contributed by atoms with Crippen LogP contribution in [0.25, 0.3) is 11.0 Å². The first-order valence-corrected chi connectivity index (χ1v) is 14.0. The predicted octanol–water partition coefficient (Wildman–Crippen LogP) is 6.26. The van der Waals surface area contributed by atoms with Gasteiger partial charge in [0.25, 0.3) is 5.91 Å². The Labute approximate surface area is 240 Å². The fourth-order valence-corrected chi connectivity index (χ4v) is 4.01. The molecule has 1 aromatic carbocycles. The number of fused-ring (bicyclic) bond motifs is 1. The Balaban J connectivity index is 0.000000189. The molecule has 9 nitrogen and oxygen atoms in total. The summed E-state index contributed by atoms with van der Waals surface area (Å²) in [4.78, 5) is 30.3. The van der Waals surface area contributed by atoms with Crippen LogP contribution in [0.5, 0.6) is 0 Å². The summed E-state index contributed by atoms with van der Waals surface area (Å²) in [6.45, 7) is 3.03. The molecular formula is C28H37F5N6O3. The first kappa shape index (κ1) is 32.9. The smallest absolute Gasteiger partial charge is 0.352 e. The molecule has 0 saturated heterocycles. The predicted molar refractivity (Wildman–Crippen MR) is 145 cm³/mol. The molecule has 3 aliphatic rings. The van der Waals surface area contributed by atoms with Crippen molar-refractivity contribution < 1.29 is 36.2 Å². The van der Waals surface area contributed by atoms with Crippen LogP contribution in [0.1, 0.15) is 86.5 Å². The number of aromatic nitrogens is 4. The van der Waals surface area contributed by atoms with Gasteiger partial charge in [-0.05, 0) is 54.5 Å². The Bertz CT molecular complexity index is 1270. The van der Waals surface area contributed by atoms with E-state index in [0.717, 1.165) is 23.1 Å². The lowest BCUT2D eigenvalue weighted by molar-refractivity contribution is -0.133. The van der Waals surface area contributed by atoms with Gasteiger partial charge in [-0.15, -0.1) is 0 Å². The van der Waals surface area contributed by atoms with Gasteiger partial charge < -0.3 is 15.6 Å². The largest absolute Gasteiger partial charge is 0.386 e. The average molecular weight is 601 g/mol. The molecular weight excluding hydrogens is 563 g/mol. The van der Waals surface area contributed by atoms with Crippen molar-refractivity contribution in [1.29, 1.82) is 0 Å². The van der Waals surface area contributed by atoms with Crippen LogP contribution in [0.4, 0.5) is 22.0 Å². The Kier molecular flexibility index (Phi) is 11.8. The lowest BCUT2D eigenvalue weighted by Crippen LogP contribution is -2.38. The Morgan fingerprint density at radius 3 is 2.24 bits per heavy atom. The molecule has 0 bridgehead atoms. The van der Waals surface area contributed by atoms with E-state index in [1.54, 1.807) is 13.3 Å². The lowest BCUT2D eigenvalue weighted by Gasteiger charge is -2.34. The minimum absolute atomic E-state index is 0.166. The standard InChI is InChI=1S/C14H15F2N3O.C9H13N3O2.C3H6.C2H3F3/c15-14(16)5-10(6-14)4-13(20)17-7-9-1-2-11-12(3-9)19-8-18-11;1-6-8(12-14-11-6)9(13)10-5-7-3-2-4-7;1-2-3-1;1-2(3,4)5/h1-3,8,10H,4-7H2,(H,17,20)(H,18,19);7H,2-5H2,1H3,(H,10,13);1-3H2;1H3. The molecule has 3 aromatic rings. The molecule has 14 heteroatoms. The van der Waals surface area contributed by atoms with Crippen LogP contribution in [0.2, 0.25) is 0 Å². The molecule has 232 valence electrons. The number of hydrogen-bond acceptors (Lipinski definition) is 6. The number of halogens is 5. The molecule has 0 atom stereocenters. The number of H-pyrrole nitrogens is 1. The Morgan fingerprint density at radius 2 is 1.71 bits per heavy atom. The fourth-order valence-electron chi connectivity index (χ4n) is 4.01. The Morgan fingerprint density at radius 1 is 1.05 bits per heavy atom. The minimum Gasteiger partial charge on any atom is -0.352 e. The molecule has 6 rings (SSSR count). The number of aryl methyl sites for hydroxylation is 1. The third kappa shape index (κ3) is 12.5. The van der Waals surface area contributed by atoms with E-state index >= 15 is 0 Å². The number of carbonyl (C=O) groups excluding carboxylic acids is 2. The van der Waals surface area contributed by atoms with E-state index in [1.807, 2.05) is 18.2 Å². The average Bonchev–Trinajstić information content (AvgIpc) is 3.56. The van der Waals surface area contributed by atoms with E-state index in [4.69, 9.17) is 0 Å². The number of benzene rings is 1. The van der Waals surface area contributed by atoms with Crippen LogP contribution in [-0.4, -0.2) is 50.7 Å². The summed E-state index contributed by atoms with van der Waals surface area (Å²) in [5.41, 5.74) is 3.57. The molecule has 0 radical (unpaired) electrons. The number of hydrogen-bond donors (Lipinski definition) is 3. The van der Waals surface area contributed by atoms with Crippen LogP contribution in [0.15, 0.2) is 29.2 Å². The van der Waals surface area contributed by atoms with Gasteiger partial charge in [0.15, 0.2) is 5.69 Å². The van der Waals surface area contributed by atoms with Crippen LogP contribution in [0.3, 0.4) is 0 Å². The molecule has 0 unspecified atom stereocenters. The molecule has 2 aromatic heterocycles. The Hall–Kier alpha value is -3.58. The van der Waals surface area contributed by atoms with Gasteiger partial charge >= 0.3 is 6.18 Å². The summed E-state index contributed by atoms with van der Waals surface area (Å²) in [5.74, 6) is -2.44. The monoisotopic (exact) mass is 600 g/mol. The van der Waals surface area contributed by atoms with Crippen molar-refractivity contribution in [3.8, 4) is 0 Å². The second-order valence-electron chi connectivity index (χ2n) is 10.9. The maximum absolute atomic E-state index is 12.7. The summed E-state index contributed by atoms with van der Waals surface area (Å²) in [5, 5.41) is 12.7. The van der Waals surface area contributed by atoms with E-state index in [9.17, 15) is 31.5 Å². The first-order chi connectivity index (χ1) is 19.8. The van der Waals surface area contributed by atoms with Crippen molar-refractivity contribution in [1.82, 2.24) is 30.9 Å². The second-order valence-corrected chi connectivity index (χ2v) is 10.9. The minimum atomic E-state index is -4.00. The number of alkyl halides is 5. The highest BCUT2D eigenvalue weighted by Crippen LogP contribution is 2.43. The zero-order chi connectivity index (χ0) is 30.8. The van der Waals surface area contributed by atoms with Crippen molar-refractivity contribution in [3.63, 3.8) is 0 Å². The highest BCUT2D eigenvalue weighted by atomic mass is 19.4. The van der Waals surface area contributed by atoms with Crippen molar-refractivity contribution in [2.45, 2.75) is 90.3 Å². The summed E-state index contributed by atoms with van der Waals surface area (Å²) >= 11 is 0. The molecule has 42 heavy (non-hydrogen) atoms. The van der Waals surface area contributed by atoms with Gasteiger partial charge in [0.1, 0.15) is 5.69 Å². The van der Waals surface area contributed by atoms with Gasteiger partial charge in [0, 0.05) is 39.3 Å². The van der Waals surface area contributed by atoms with E-state index in [2.05, 4.69) is 35.5 Å². The molecule has 2 amide bonds. The molecule has 3 saturated carbocycles. The SMILES string of the molecule is C1CC1.CC(F)(F)F.Cc1nonc1C(=O)NCC1CCC1.O=C(CC1CC(F)(F)C1)NCc1ccc2nc[nH]c2c1. The van der Waals surface area contributed by atoms with E-state index < -0.39 is 12.1 Å². The molecule has 0 spiro atoms. The summed E-state index contributed by atoms with van der Waals surface area (Å²) in [6.07, 6.45) is 5.68. The van der Waals surface area contributed by atoms with Crippen molar-refractivity contribution >= 4 is 22.8 Å². The summed E-state index contributed by atoms with van der Waals surface area (Å²) < 4.78 is 60.8. The van der Waals surface area contributed by atoms with Gasteiger partial charge in [-0.3, -0.25) is 9.59 Å². The molecule has 3 aliphatic carbocycles. The van der Waals surface area contributed by atoms with E-state index in [0.29, 0.717) is 23.9 Å².